The summed E-state index contributed by atoms with van der Waals surface area (Å²) >= 11 is 0. The molecule has 2 aliphatic heterocycles. The molecule has 2 aromatic rings. The third kappa shape index (κ3) is 6.57. The fourth-order valence-electron chi connectivity index (χ4n) is 5.69. The van der Waals surface area contributed by atoms with Crippen LogP contribution in [0.2, 0.25) is 0 Å². The van der Waals surface area contributed by atoms with Gasteiger partial charge in [0.05, 0.1) is 41.4 Å². The number of carbonyl (C=O) groups excluding carboxylic acids is 1. The van der Waals surface area contributed by atoms with Crippen molar-refractivity contribution in [3.63, 3.8) is 0 Å². The molecule has 2 N–H and O–H groups in total. The minimum Gasteiger partial charge on any atom is -0.495 e. The Kier molecular flexibility index (Phi) is 9.84. The molecule has 2 aromatic carbocycles. The third-order valence-corrected chi connectivity index (χ3v) is 9.66. The maximum atomic E-state index is 13.6. The number of sulfone groups is 1. The van der Waals surface area contributed by atoms with Gasteiger partial charge in [-0.25, -0.2) is 13.4 Å². The molecule has 2 unspecified atom stereocenters. The summed E-state index contributed by atoms with van der Waals surface area (Å²) in [5.74, 6) is -2.88. The number of methoxy groups -OCH3 is 2. The van der Waals surface area contributed by atoms with Crippen molar-refractivity contribution >= 4 is 27.3 Å². The molecule has 42 heavy (non-hydrogen) atoms. The Labute approximate surface area is 245 Å². The first kappa shape index (κ1) is 31.0. The van der Waals surface area contributed by atoms with Gasteiger partial charge in [0.2, 0.25) is 0 Å². The van der Waals surface area contributed by atoms with Gasteiger partial charge >= 0.3 is 5.97 Å². The Morgan fingerprint density at radius 3 is 2.40 bits per heavy atom. The Bertz CT molecular complexity index is 1480. The monoisotopic (exact) mass is 599 g/mol. The van der Waals surface area contributed by atoms with Gasteiger partial charge in [0, 0.05) is 26.2 Å². The van der Waals surface area contributed by atoms with Crippen molar-refractivity contribution in [3.05, 3.63) is 75.6 Å². The van der Waals surface area contributed by atoms with E-state index < -0.39 is 32.6 Å². The summed E-state index contributed by atoms with van der Waals surface area (Å²) in [5, 5.41) is 12.1. The van der Waals surface area contributed by atoms with Gasteiger partial charge in [-0.3, -0.25) is 19.8 Å². The number of rotatable bonds is 11. The van der Waals surface area contributed by atoms with Crippen LogP contribution in [0.1, 0.15) is 31.2 Å². The highest BCUT2D eigenvalue weighted by atomic mass is 32.2. The number of anilines is 1. The second kappa shape index (κ2) is 13.3. The Hall–Kier alpha value is -3.97. The first-order valence-corrected chi connectivity index (χ1v) is 15.4. The SMILES string of the molecule is COC(=O)C1C(N)=NC(C)=C([N+](=O)[O-])C1c1ccccc1S(=O)(=O)CCCCN1CCN(c2ccccc2OC)CC1. The summed E-state index contributed by atoms with van der Waals surface area (Å²) < 4.78 is 37.6. The van der Waals surface area contributed by atoms with Crippen molar-refractivity contribution in [3.8, 4) is 5.75 Å². The van der Waals surface area contributed by atoms with E-state index in [9.17, 15) is 23.3 Å². The number of esters is 1. The van der Waals surface area contributed by atoms with E-state index in [1.54, 1.807) is 19.2 Å². The molecule has 13 heteroatoms. The van der Waals surface area contributed by atoms with E-state index in [4.69, 9.17) is 15.2 Å². The quantitative estimate of drug-likeness (QED) is 0.176. The molecule has 0 amide bonds. The number of carbonyl (C=O) groups is 1. The molecular weight excluding hydrogens is 562 g/mol. The average Bonchev–Trinajstić information content (AvgIpc) is 2.98. The van der Waals surface area contributed by atoms with Crippen molar-refractivity contribution in [1.29, 1.82) is 0 Å². The zero-order valence-corrected chi connectivity index (χ0v) is 24.9. The minimum absolute atomic E-state index is 0.0145. The maximum absolute atomic E-state index is 13.6. The largest absolute Gasteiger partial charge is 0.495 e. The molecule has 2 atom stereocenters. The number of nitrogens with two attached hydrogens (primary N) is 1. The van der Waals surface area contributed by atoms with Gasteiger partial charge in [-0.05, 0) is 50.1 Å². The van der Waals surface area contributed by atoms with Crippen LogP contribution in [0.25, 0.3) is 0 Å². The molecule has 1 saturated heterocycles. The summed E-state index contributed by atoms with van der Waals surface area (Å²) in [5.41, 5.74) is 6.88. The third-order valence-electron chi connectivity index (χ3n) is 7.79. The number of hydrogen-bond donors (Lipinski definition) is 1. The lowest BCUT2D eigenvalue weighted by Crippen LogP contribution is -2.46. The molecule has 1 fully saturated rings. The van der Waals surface area contributed by atoms with Crippen LogP contribution in [-0.2, 0) is 19.4 Å². The standard InChI is InChI=1S/C29H37N5O7S/c1-20-27(34(36)37)25(26(28(30)31-20)29(35)41-3)21-10-4-7-13-24(21)42(38,39)19-9-8-14-32-15-17-33(18-16-32)22-11-5-6-12-23(22)40-2/h4-7,10-13,25-26H,8-9,14-19H2,1-3H3,(H2,30,31). The number of nitro groups is 1. The van der Waals surface area contributed by atoms with Gasteiger partial charge in [0.25, 0.3) is 5.70 Å². The van der Waals surface area contributed by atoms with Crippen molar-refractivity contribution in [1.82, 2.24) is 4.90 Å². The Morgan fingerprint density at radius 1 is 1.07 bits per heavy atom. The number of unbranched alkanes of at least 4 members (excludes halogenated alkanes) is 1. The first-order valence-electron chi connectivity index (χ1n) is 13.8. The summed E-state index contributed by atoms with van der Waals surface area (Å²) in [6.45, 7) is 5.55. The van der Waals surface area contributed by atoms with Crippen molar-refractivity contribution < 1.29 is 27.6 Å². The minimum atomic E-state index is -3.85. The molecule has 2 heterocycles. The number of amidine groups is 1. The lowest BCUT2D eigenvalue weighted by molar-refractivity contribution is -0.432. The van der Waals surface area contributed by atoms with Crippen LogP contribution in [0.5, 0.6) is 5.75 Å². The van der Waals surface area contributed by atoms with Crippen molar-refractivity contribution in [2.45, 2.75) is 30.6 Å². The van der Waals surface area contributed by atoms with E-state index in [0.717, 1.165) is 51.3 Å². The lowest BCUT2D eigenvalue weighted by atomic mass is 9.80. The van der Waals surface area contributed by atoms with E-state index in [0.29, 0.717) is 12.8 Å². The molecule has 0 radical (unpaired) electrons. The molecule has 12 nitrogen and oxygen atoms in total. The molecule has 0 spiro atoms. The number of hydrogen-bond acceptors (Lipinski definition) is 11. The number of benzene rings is 2. The zero-order valence-electron chi connectivity index (χ0n) is 24.1. The molecule has 0 saturated carbocycles. The van der Waals surface area contributed by atoms with Crippen LogP contribution in [0, 0.1) is 16.0 Å². The summed E-state index contributed by atoms with van der Waals surface area (Å²) in [7, 11) is -1.05. The summed E-state index contributed by atoms with van der Waals surface area (Å²) in [6.07, 6.45) is 1.08. The van der Waals surface area contributed by atoms with Gasteiger partial charge in [0.15, 0.2) is 9.84 Å². The Morgan fingerprint density at radius 2 is 1.74 bits per heavy atom. The number of allylic oxidation sites excluding steroid dienone is 2. The van der Waals surface area contributed by atoms with E-state index in [-0.39, 0.29) is 33.4 Å². The van der Waals surface area contributed by atoms with E-state index >= 15 is 0 Å². The molecule has 0 aliphatic carbocycles. The fourth-order valence-corrected chi connectivity index (χ4v) is 7.34. The number of ether oxygens (including phenoxy) is 2. The van der Waals surface area contributed by atoms with E-state index in [1.807, 2.05) is 24.3 Å². The smallest absolute Gasteiger partial charge is 0.317 e. The molecule has 226 valence electrons. The van der Waals surface area contributed by atoms with E-state index in [2.05, 4.69) is 14.8 Å². The molecule has 0 aromatic heterocycles. The van der Waals surface area contributed by atoms with Crippen LogP contribution in [0.3, 0.4) is 0 Å². The molecule has 2 aliphatic rings. The summed E-state index contributed by atoms with van der Waals surface area (Å²) in [6, 6.07) is 14.0. The summed E-state index contributed by atoms with van der Waals surface area (Å²) in [4.78, 5) is 32.7. The van der Waals surface area contributed by atoms with E-state index in [1.165, 1.54) is 19.1 Å². The predicted octanol–water partition coefficient (Wildman–Crippen LogP) is 2.82. The van der Waals surface area contributed by atoms with Crippen molar-refractivity contribution in [2.24, 2.45) is 16.6 Å². The van der Waals surface area contributed by atoms with Gasteiger partial charge in [-0.2, -0.15) is 0 Å². The van der Waals surface area contributed by atoms with Gasteiger partial charge in [0.1, 0.15) is 23.2 Å². The maximum Gasteiger partial charge on any atom is 0.317 e. The van der Waals surface area contributed by atoms with Crippen molar-refractivity contribution in [2.75, 3.05) is 57.6 Å². The first-order chi connectivity index (χ1) is 20.1. The number of aliphatic imine (C=N–C) groups is 1. The van der Waals surface area contributed by atoms with Gasteiger partial charge < -0.3 is 20.1 Å². The van der Waals surface area contributed by atoms with Crippen LogP contribution in [-0.4, -0.2) is 82.7 Å². The highest BCUT2D eigenvalue weighted by Crippen LogP contribution is 2.41. The molecule has 4 rings (SSSR count). The number of para-hydroxylation sites is 2. The molecule has 0 bridgehead atoms. The predicted molar refractivity (Wildman–Crippen MR) is 159 cm³/mol. The average molecular weight is 600 g/mol. The highest BCUT2D eigenvalue weighted by Gasteiger charge is 2.47. The van der Waals surface area contributed by atoms with Gasteiger partial charge in [-0.15, -0.1) is 0 Å². The lowest BCUT2D eigenvalue weighted by Gasteiger charge is -2.36. The normalized spacial score (nSPS) is 19.8. The number of piperazine rings is 1. The topological polar surface area (TPSA) is 158 Å². The van der Waals surface area contributed by atoms with Crippen LogP contribution in [0.4, 0.5) is 5.69 Å². The van der Waals surface area contributed by atoms with Crippen LogP contribution >= 0.6 is 0 Å². The fraction of sp³-hybridized carbons (Fsp3) is 0.448. The number of nitrogens with zero attached hydrogens (tertiary/aromatic N) is 4. The second-order valence-corrected chi connectivity index (χ2v) is 12.4. The zero-order chi connectivity index (χ0) is 30.4. The van der Waals surface area contributed by atoms with Crippen LogP contribution in [0.15, 0.2) is 69.8 Å². The second-order valence-electron chi connectivity index (χ2n) is 10.3. The van der Waals surface area contributed by atoms with Gasteiger partial charge in [-0.1, -0.05) is 30.3 Å². The highest BCUT2D eigenvalue weighted by molar-refractivity contribution is 7.91. The van der Waals surface area contributed by atoms with Crippen LogP contribution < -0.4 is 15.4 Å². The Balaban J connectivity index is 1.44. The molecular formula is C29H37N5O7S.